The summed E-state index contributed by atoms with van der Waals surface area (Å²) in [6, 6.07) is 7.60. The van der Waals surface area contributed by atoms with Crippen LogP contribution in [0.4, 0.5) is 5.13 Å². The Morgan fingerprint density at radius 1 is 1.31 bits per heavy atom. The van der Waals surface area contributed by atoms with Crippen LogP contribution in [0.3, 0.4) is 0 Å². The van der Waals surface area contributed by atoms with Gasteiger partial charge in [-0.15, -0.1) is 5.11 Å². The summed E-state index contributed by atoms with van der Waals surface area (Å²) in [5, 5.41) is 18.8. The van der Waals surface area contributed by atoms with Crippen LogP contribution in [0.25, 0.3) is 10.2 Å². The van der Waals surface area contributed by atoms with Crippen molar-refractivity contribution < 1.29 is 24.0 Å². The molecule has 3 aromatic rings. The van der Waals surface area contributed by atoms with Crippen molar-refractivity contribution in [2.75, 3.05) is 0 Å². The summed E-state index contributed by atoms with van der Waals surface area (Å²) in [6.45, 7) is 1.19. The van der Waals surface area contributed by atoms with Gasteiger partial charge in [0.15, 0.2) is 0 Å². The van der Waals surface area contributed by atoms with Crippen molar-refractivity contribution in [3.05, 3.63) is 47.3 Å². The first-order valence-electron chi connectivity index (χ1n) is 7.43. The summed E-state index contributed by atoms with van der Waals surface area (Å²) < 4.78 is 16.4. The van der Waals surface area contributed by atoms with E-state index in [1.807, 2.05) is 24.3 Å². The number of phosphoric ester groups is 1. The number of aryl methyl sites for hydroxylation is 1. The third kappa shape index (κ3) is 4.48. The molecule has 0 unspecified atom stereocenters. The van der Waals surface area contributed by atoms with E-state index in [0.717, 1.165) is 10.2 Å². The van der Waals surface area contributed by atoms with Gasteiger partial charge in [0.1, 0.15) is 5.75 Å². The molecule has 0 saturated carbocycles. The van der Waals surface area contributed by atoms with Crippen molar-refractivity contribution in [3.8, 4) is 5.75 Å². The number of thiazole rings is 1. The Kier molecular flexibility index (Phi) is 5.40. The van der Waals surface area contributed by atoms with E-state index < -0.39 is 14.4 Å². The number of phosphoric acid groups is 1. The maximum Gasteiger partial charge on any atom is 0.469 e. The highest BCUT2D eigenvalue weighted by molar-refractivity contribution is 7.46. The number of aromatic nitrogens is 2. The molecule has 0 atom stereocenters. The van der Waals surface area contributed by atoms with Crippen molar-refractivity contribution in [1.29, 1.82) is 0 Å². The van der Waals surface area contributed by atoms with E-state index in [1.54, 1.807) is 6.92 Å². The lowest BCUT2D eigenvalue weighted by Gasteiger charge is -2.11. The Balaban J connectivity index is 1.81. The van der Waals surface area contributed by atoms with Crippen molar-refractivity contribution in [2.24, 2.45) is 10.2 Å². The van der Waals surface area contributed by atoms with E-state index in [-0.39, 0.29) is 12.3 Å². The third-order valence-electron chi connectivity index (χ3n) is 3.49. The van der Waals surface area contributed by atoms with E-state index in [0.29, 0.717) is 22.0 Å². The number of hydrogen-bond donors (Lipinski definition) is 3. The molecule has 11 heteroatoms. The summed E-state index contributed by atoms with van der Waals surface area (Å²) >= 11 is 1.38. The number of fused-ring (bicyclic) bond motifs is 1. The molecule has 0 aliphatic carbocycles. The minimum atomic E-state index is -4.64. The molecule has 0 radical (unpaired) electrons. The minimum absolute atomic E-state index is 0.00896. The van der Waals surface area contributed by atoms with E-state index in [2.05, 4.69) is 24.7 Å². The molecular weight excluding hydrogens is 379 g/mol. The molecule has 26 heavy (non-hydrogen) atoms. The second kappa shape index (κ2) is 7.56. The van der Waals surface area contributed by atoms with Gasteiger partial charge in [-0.2, -0.15) is 5.11 Å². The zero-order valence-corrected chi connectivity index (χ0v) is 15.3. The Hall–Kier alpha value is -2.23. The quantitative estimate of drug-likeness (QED) is 0.429. The maximum atomic E-state index is 10.9. The normalized spacial score (nSPS) is 12.3. The SMILES string of the molecule is Cc1ncc(COP(=O)(O)O)c(CN=Nc2nc3ccccc3s2)c1O. The molecule has 2 aromatic heterocycles. The summed E-state index contributed by atoms with van der Waals surface area (Å²) in [4.78, 5) is 26.0. The molecule has 0 aliphatic heterocycles. The van der Waals surface area contributed by atoms with Crippen LogP contribution in [-0.2, 0) is 22.2 Å². The standard InChI is InChI=1S/C15H15N4O5PS/c1-9-14(20)11(10(6-16-9)8-24-25(21,22)23)7-17-19-15-18-12-4-2-3-5-13(12)26-15/h2-6,20H,7-8H2,1H3,(H2,21,22,23). The van der Waals surface area contributed by atoms with Crippen molar-refractivity contribution >= 4 is 34.5 Å². The molecule has 1 aromatic carbocycles. The summed E-state index contributed by atoms with van der Waals surface area (Å²) in [6.07, 6.45) is 1.38. The molecule has 0 fully saturated rings. The number of benzene rings is 1. The zero-order chi connectivity index (χ0) is 18.7. The van der Waals surface area contributed by atoms with Gasteiger partial charge < -0.3 is 14.9 Å². The molecule has 9 nitrogen and oxygen atoms in total. The molecule has 3 N–H and O–H groups in total. The molecule has 3 rings (SSSR count). The molecule has 2 heterocycles. The Morgan fingerprint density at radius 2 is 2.08 bits per heavy atom. The number of nitrogens with zero attached hydrogens (tertiary/aromatic N) is 4. The van der Waals surface area contributed by atoms with Gasteiger partial charge in [-0.1, -0.05) is 23.5 Å². The largest absolute Gasteiger partial charge is 0.506 e. The van der Waals surface area contributed by atoms with Gasteiger partial charge in [-0.25, -0.2) is 9.55 Å². The lowest BCUT2D eigenvalue weighted by molar-refractivity contribution is 0.188. The minimum Gasteiger partial charge on any atom is -0.506 e. The highest BCUT2D eigenvalue weighted by Gasteiger charge is 2.18. The molecule has 0 spiro atoms. The van der Waals surface area contributed by atoms with Gasteiger partial charge in [0.05, 0.1) is 29.1 Å². The van der Waals surface area contributed by atoms with Gasteiger partial charge in [0.2, 0.25) is 5.13 Å². The third-order valence-corrected chi connectivity index (χ3v) is 4.87. The van der Waals surface area contributed by atoms with Gasteiger partial charge in [0, 0.05) is 17.3 Å². The van der Waals surface area contributed by atoms with Crippen LogP contribution in [-0.4, -0.2) is 24.9 Å². The van der Waals surface area contributed by atoms with Crippen LogP contribution in [0.5, 0.6) is 5.75 Å². The molecule has 0 aliphatic rings. The van der Waals surface area contributed by atoms with Crippen LogP contribution >= 0.6 is 19.2 Å². The highest BCUT2D eigenvalue weighted by atomic mass is 32.1. The number of hydrogen-bond acceptors (Lipinski definition) is 8. The van der Waals surface area contributed by atoms with Crippen LogP contribution < -0.4 is 0 Å². The number of pyridine rings is 1. The average Bonchev–Trinajstić information content (AvgIpc) is 2.99. The summed E-state index contributed by atoms with van der Waals surface area (Å²) in [7, 11) is -4.64. The first-order valence-corrected chi connectivity index (χ1v) is 9.77. The Labute approximate surface area is 152 Å². The lowest BCUT2D eigenvalue weighted by Crippen LogP contribution is -2.00. The second-order valence-electron chi connectivity index (χ2n) is 5.32. The number of aromatic hydroxyl groups is 1. The van der Waals surface area contributed by atoms with E-state index in [1.165, 1.54) is 17.5 Å². The molecule has 0 saturated heterocycles. The summed E-state index contributed by atoms with van der Waals surface area (Å²) in [5.74, 6) is -0.111. The predicted molar refractivity (Wildman–Crippen MR) is 95.3 cm³/mol. The van der Waals surface area contributed by atoms with Gasteiger partial charge >= 0.3 is 7.82 Å². The number of rotatable bonds is 6. The van der Waals surface area contributed by atoms with Crippen LogP contribution in [0.2, 0.25) is 0 Å². The van der Waals surface area contributed by atoms with Crippen LogP contribution in [0.15, 0.2) is 40.7 Å². The first kappa shape index (κ1) is 18.6. The van der Waals surface area contributed by atoms with E-state index in [4.69, 9.17) is 9.79 Å². The van der Waals surface area contributed by atoms with Crippen LogP contribution in [0.1, 0.15) is 16.8 Å². The molecule has 136 valence electrons. The topological polar surface area (TPSA) is 137 Å². The maximum absolute atomic E-state index is 10.9. The molecular formula is C15H15N4O5PS. The summed E-state index contributed by atoms with van der Waals surface area (Å²) in [5.41, 5.74) is 1.86. The lowest BCUT2D eigenvalue weighted by atomic mass is 10.1. The van der Waals surface area contributed by atoms with Crippen molar-refractivity contribution in [3.63, 3.8) is 0 Å². The Morgan fingerprint density at radius 3 is 2.81 bits per heavy atom. The predicted octanol–water partition coefficient (Wildman–Crippen LogP) is 3.60. The highest BCUT2D eigenvalue weighted by Crippen LogP contribution is 2.38. The van der Waals surface area contributed by atoms with Crippen LogP contribution in [0, 0.1) is 6.92 Å². The fourth-order valence-electron chi connectivity index (χ4n) is 2.21. The fourth-order valence-corrected chi connectivity index (χ4v) is 3.32. The van der Waals surface area contributed by atoms with Gasteiger partial charge in [-0.05, 0) is 19.1 Å². The zero-order valence-electron chi connectivity index (χ0n) is 13.6. The van der Waals surface area contributed by atoms with E-state index >= 15 is 0 Å². The average molecular weight is 394 g/mol. The molecule has 0 amide bonds. The van der Waals surface area contributed by atoms with Gasteiger partial charge in [-0.3, -0.25) is 9.51 Å². The monoisotopic (exact) mass is 394 g/mol. The second-order valence-corrected chi connectivity index (χ2v) is 7.57. The first-order chi connectivity index (χ1) is 12.3. The van der Waals surface area contributed by atoms with Gasteiger partial charge in [0.25, 0.3) is 0 Å². The van der Waals surface area contributed by atoms with Crippen molar-refractivity contribution in [2.45, 2.75) is 20.1 Å². The van der Waals surface area contributed by atoms with E-state index in [9.17, 15) is 9.67 Å². The smallest absolute Gasteiger partial charge is 0.469 e. The molecule has 0 bridgehead atoms. The number of para-hydroxylation sites is 1. The Bertz CT molecular complexity index is 983. The van der Waals surface area contributed by atoms with Crippen molar-refractivity contribution in [1.82, 2.24) is 9.97 Å². The number of azo groups is 1. The fraction of sp³-hybridized carbons (Fsp3) is 0.200.